The highest BCUT2D eigenvalue weighted by molar-refractivity contribution is 5.79. The third kappa shape index (κ3) is 3.63. The van der Waals surface area contributed by atoms with Crippen LogP contribution < -0.4 is 5.32 Å². The maximum Gasteiger partial charge on any atom is 0.261 e. The first-order chi connectivity index (χ1) is 8.75. The number of halogens is 2. The highest BCUT2D eigenvalue weighted by Crippen LogP contribution is 2.14. The van der Waals surface area contributed by atoms with E-state index >= 15 is 0 Å². The quantitative estimate of drug-likeness (QED) is 0.803. The lowest BCUT2D eigenvalue weighted by molar-refractivity contribution is 0.0215. The summed E-state index contributed by atoms with van der Waals surface area (Å²) in [6, 6.07) is 11.6. The molecular formula is C13H14F2N2O. The lowest BCUT2D eigenvalue weighted by Crippen LogP contribution is -2.13. The van der Waals surface area contributed by atoms with E-state index in [-0.39, 0.29) is 6.61 Å². The zero-order chi connectivity index (χ0) is 12.8. The molecule has 0 atom stereocenters. The first kappa shape index (κ1) is 12.7. The predicted molar refractivity (Wildman–Crippen MR) is 67.1 cm³/mol. The van der Waals surface area contributed by atoms with Crippen LogP contribution in [0.2, 0.25) is 0 Å². The molecule has 0 fully saturated rings. The van der Waals surface area contributed by atoms with Crippen molar-refractivity contribution in [3.8, 4) is 0 Å². The molecule has 1 aromatic heterocycles. The molecule has 5 heteroatoms. The van der Waals surface area contributed by atoms with Crippen LogP contribution in [0.15, 0.2) is 36.4 Å². The van der Waals surface area contributed by atoms with Gasteiger partial charge in [0.15, 0.2) is 0 Å². The van der Waals surface area contributed by atoms with Crippen LogP contribution >= 0.6 is 0 Å². The van der Waals surface area contributed by atoms with Gasteiger partial charge in [0.25, 0.3) is 6.43 Å². The molecule has 0 aliphatic heterocycles. The number of ether oxygens (including phenoxy) is 1. The maximum atomic E-state index is 11.8. The average Bonchev–Trinajstić information content (AvgIpc) is 2.38. The van der Waals surface area contributed by atoms with E-state index in [4.69, 9.17) is 4.74 Å². The first-order valence-corrected chi connectivity index (χ1v) is 5.71. The molecule has 0 bridgehead atoms. The fourth-order valence-corrected chi connectivity index (χ4v) is 1.59. The molecule has 1 N–H and O–H groups in total. The summed E-state index contributed by atoms with van der Waals surface area (Å²) in [6.07, 6.45) is -2.41. The van der Waals surface area contributed by atoms with E-state index in [2.05, 4.69) is 10.3 Å². The van der Waals surface area contributed by atoms with Crippen molar-refractivity contribution in [3.63, 3.8) is 0 Å². The fourth-order valence-electron chi connectivity index (χ4n) is 1.59. The minimum Gasteiger partial charge on any atom is -0.374 e. The molecule has 1 aromatic carbocycles. The van der Waals surface area contributed by atoms with Crippen molar-refractivity contribution in [1.82, 2.24) is 4.98 Å². The Morgan fingerprint density at radius 2 is 2.00 bits per heavy atom. The minimum absolute atomic E-state index is 0.235. The monoisotopic (exact) mass is 252 g/mol. The number of benzene rings is 1. The number of aromatic nitrogens is 1. The van der Waals surface area contributed by atoms with Crippen LogP contribution in [-0.4, -0.2) is 31.2 Å². The summed E-state index contributed by atoms with van der Waals surface area (Å²) in [6.45, 7) is 0.170. The van der Waals surface area contributed by atoms with Crippen molar-refractivity contribution >= 4 is 16.7 Å². The van der Waals surface area contributed by atoms with Crippen LogP contribution in [0.1, 0.15) is 0 Å². The lowest BCUT2D eigenvalue weighted by Gasteiger charge is -2.07. The number of rotatable bonds is 6. The van der Waals surface area contributed by atoms with Crippen LogP contribution in [0.4, 0.5) is 14.6 Å². The third-order valence-corrected chi connectivity index (χ3v) is 2.39. The zero-order valence-corrected chi connectivity index (χ0v) is 9.77. The van der Waals surface area contributed by atoms with Gasteiger partial charge in [-0.25, -0.2) is 13.8 Å². The van der Waals surface area contributed by atoms with Gasteiger partial charge in [-0.05, 0) is 18.2 Å². The highest BCUT2D eigenvalue weighted by Gasteiger charge is 2.01. The number of nitrogens with one attached hydrogen (secondary N) is 1. The number of hydrogen-bond donors (Lipinski definition) is 1. The number of pyridine rings is 1. The van der Waals surface area contributed by atoms with Crippen LogP contribution in [-0.2, 0) is 4.74 Å². The molecule has 2 rings (SSSR count). The van der Waals surface area contributed by atoms with E-state index in [1.54, 1.807) is 0 Å². The molecule has 3 nitrogen and oxygen atoms in total. The van der Waals surface area contributed by atoms with Gasteiger partial charge < -0.3 is 10.1 Å². The van der Waals surface area contributed by atoms with Gasteiger partial charge in [0, 0.05) is 11.9 Å². The number of anilines is 1. The SMILES string of the molecule is FC(F)COCCNc1ccc2ccccc2n1. The molecule has 18 heavy (non-hydrogen) atoms. The Balaban J connectivity index is 1.84. The van der Waals surface area contributed by atoms with Gasteiger partial charge in [0.05, 0.1) is 12.1 Å². The Morgan fingerprint density at radius 3 is 2.83 bits per heavy atom. The van der Waals surface area contributed by atoms with E-state index < -0.39 is 13.0 Å². The van der Waals surface area contributed by atoms with Gasteiger partial charge in [-0.1, -0.05) is 18.2 Å². The van der Waals surface area contributed by atoms with Gasteiger partial charge in [-0.3, -0.25) is 0 Å². The topological polar surface area (TPSA) is 34.1 Å². The van der Waals surface area contributed by atoms with Crippen LogP contribution in [0.25, 0.3) is 10.9 Å². The van der Waals surface area contributed by atoms with Crippen LogP contribution in [0.3, 0.4) is 0 Å². The van der Waals surface area contributed by atoms with Gasteiger partial charge in [-0.15, -0.1) is 0 Å². The second-order valence-electron chi connectivity index (χ2n) is 3.78. The van der Waals surface area contributed by atoms with E-state index in [0.29, 0.717) is 12.4 Å². The molecule has 96 valence electrons. The van der Waals surface area contributed by atoms with Gasteiger partial charge >= 0.3 is 0 Å². The summed E-state index contributed by atoms with van der Waals surface area (Å²) in [7, 11) is 0. The van der Waals surface area contributed by atoms with E-state index in [0.717, 1.165) is 10.9 Å². The van der Waals surface area contributed by atoms with Crippen molar-refractivity contribution in [1.29, 1.82) is 0 Å². The summed E-state index contributed by atoms with van der Waals surface area (Å²) in [4.78, 5) is 4.39. The Labute approximate surface area is 104 Å². The van der Waals surface area contributed by atoms with Crippen LogP contribution in [0, 0.1) is 0 Å². The molecule has 0 radical (unpaired) electrons. The summed E-state index contributed by atoms with van der Waals surface area (Å²) in [5, 5.41) is 4.10. The smallest absolute Gasteiger partial charge is 0.261 e. The summed E-state index contributed by atoms with van der Waals surface area (Å²) < 4.78 is 28.4. The van der Waals surface area contributed by atoms with Crippen LogP contribution in [0.5, 0.6) is 0 Å². The second-order valence-corrected chi connectivity index (χ2v) is 3.78. The number of nitrogens with zero attached hydrogens (tertiary/aromatic N) is 1. The lowest BCUT2D eigenvalue weighted by atomic mass is 10.2. The van der Waals surface area contributed by atoms with Gasteiger partial charge in [0.2, 0.25) is 0 Å². The Morgan fingerprint density at radius 1 is 1.17 bits per heavy atom. The van der Waals surface area contributed by atoms with E-state index in [1.165, 1.54) is 0 Å². The molecular weight excluding hydrogens is 238 g/mol. The molecule has 2 aromatic rings. The summed E-state index contributed by atoms with van der Waals surface area (Å²) in [5.41, 5.74) is 0.899. The molecule has 0 spiro atoms. The molecule has 0 saturated heterocycles. The van der Waals surface area contributed by atoms with Crippen molar-refractivity contribution in [2.75, 3.05) is 25.1 Å². The third-order valence-electron chi connectivity index (χ3n) is 2.39. The van der Waals surface area contributed by atoms with Gasteiger partial charge in [0.1, 0.15) is 12.4 Å². The standard InChI is InChI=1S/C13H14F2N2O/c14-12(15)9-18-8-7-16-13-6-5-10-3-1-2-4-11(10)17-13/h1-6,12H,7-9H2,(H,16,17). The number of hydrogen-bond acceptors (Lipinski definition) is 3. The predicted octanol–water partition coefficient (Wildman–Crippen LogP) is 2.93. The zero-order valence-electron chi connectivity index (χ0n) is 9.77. The Bertz CT molecular complexity index is 505. The Hall–Kier alpha value is -1.75. The molecule has 0 unspecified atom stereocenters. The van der Waals surface area contributed by atoms with E-state index in [1.807, 2.05) is 36.4 Å². The van der Waals surface area contributed by atoms with Crippen molar-refractivity contribution in [2.45, 2.75) is 6.43 Å². The van der Waals surface area contributed by atoms with E-state index in [9.17, 15) is 8.78 Å². The largest absolute Gasteiger partial charge is 0.374 e. The van der Waals surface area contributed by atoms with Gasteiger partial charge in [-0.2, -0.15) is 0 Å². The maximum absolute atomic E-state index is 11.8. The summed E-state index contributed by atoms with van der Waals surface area (Å²) in [5.74, 6) is 0.717. The first-order valence-electron chi connectivity index (χ1n) is 5.71. The fraction of sp³-hybridized carbons (Fsp3) is 0.308. The molecule has 1 heterocycles. The normalized spacial score (nSPS) is 11.1. The number of alkyl halides is 2. The second kappa shape index (κ2) is 6.26. The highest BCUT2D eigenvalue weighted by atomic mass is 19.3. The van der Waals surface area contributed by atoms with Crippen molar-refractivity contribution in [2.24, 2.45) is 0 Å². The van der Waals surface area contributed by atoms with Crippen molar-refractivity contribution in [3.05, 3.63) is 36.4 Å². The molecule has 0 amide bonds. The average molecular weight is 252 g/mol. The summed E-state index contributed by atoms with van der Waals surface area (Å²) >= 11 is 0. The number of fused-ring (bicyclic) bond motifs is 1. The Kier molecular flexibility index (Phi) is 4.41. The number of para-hydroxylation sites is 1. The molecule has 0 aliphatic carbocycles. The minimum atomic E-state index is -2.41. The van der Waals surface area contributed by atoms with Crippen molar-refractivity contribution < 1.29 is 13.5 Å². The molecule has 0 aliphatic rings. The molecule has 0 saturated carbocycles.